The topological polar surface area (TPSA) is 62.5 Å². The second-order valence-corrected chi connectivity index (χ2v) is 7.05. The predicted octanol–water partition coefficient (Wildman–Crippen LogP) is 2.76. The van der Waals surface area contributed by atoms with Crippen molar-refractivity contribution < 1.29 is 0 Å². The number of aromatic nitrogens is 5. The van der Waals surface area contributed by atoms with Crippen LogP contribution < -0.4 is 9.80 Å². The number of fused-ring (bicyclic) bond motifs is 2. The highest BCUT2D eigenvalue weighted by Crippen LogP contribution is 2.20. The lowest BCUT2D eigenvalue weighted by atomic mass is 10.3. The molecule has 4 aromatic rings. The van der Waals surface area contributed by atoms with Crippen molar-refractivity contribution in [2.75, 3.05) is 36.0 Å². The molecule has 0 amide bonds. The van der Waals surface area contributed by atoms with Gasteiger partial charge in [0.25, 0.3) is 0 Å². The van der Waals surface area contributed by atoms with Gasteiger partial charge in [0.15, 0.2) is 5.65 Å². The van der Waals surface area contributed by atoms with E-state index in [0.717, 1.165) is 59.1 Å². The van der Waals surface area contributed by atoms with Gasteiger partial charge in [0.1, 0.15) is 16.2 Å². The Morgan fingerprint density at radius 1 is 0.769 bits per heavy atom. The molecule has 1 fully saturated rings. The van der Waals surface area contributed by atoms with E-state index in [9.17, 15) is 0 Å². The zero-order chi connectivity index (χ0) is 17.5. The molecule has 1 aliphatic rings. The number of hydrogen-bond donors (Lipinski definition) is 0. The number of rotatable bonds is 2. The van der Waals surface area contributed by atoms with Crippen LogP contribution >= 0.6 is 15.9 Å². The lowest BCUT2D eigenvalue weighted by Crippen LogP contribution is -2.47. The molecule has 0 saturated carbocycles. The zero-order valence-electron chi connectivity index (χ0n) is 14.0. The van der Waals surface area contributed by atoms with E-state index in [1.54, 1.807) is 6.20 Å². The first kappa shape index (κ1) is 15.5. The van der Waals surface area contributed by atoms with Crippen LogP contribution in [0.25, 0.3) is 16.7 Å². The average Bonchev–Trinajstić information content (AvgIpc) is 3.08. The summed E-state index contributed by atoms with van der Waals surface area (Å²) in [6, 6.07) is 12.0. The number of piperazine rings is 1. The number of anilines is 2. The standard InChI is InChI=1S/C18H16BrN7/c19-15-11-21-16-5-6-17(23-26(15)16)24-7-9-25(10-8-24)18-12-20-13-3-1-2-4-14(13)22-18/h1-6,11-12H,7-10H2. The minimum absolute atomic E-state index is 0.839. The van der Waals surface area contributed by atoms with Gasteiger partial charge in [0, 0.05) is 26.2 Å². The molecule has 1 aliphatic heterocycles. The lowest BCUT2D eigenvalue weighted by molar-refractivity contribution is 0.636. The van der Waals surface area contributed by atoms with Crippen molar-refractivity contribution in [2.45, 2.75) is 0 Å². The molecule has 1 saturated heterocycles. The summed E-state index contributed by atoms with van der Waals surface area (Å²) in [4.78, 5) is 18.1. The molecule has 1 aromatic carbocycles. The summed E-state index contributed by atoms with van der Waals surface area (Å²) >= 11 is 3.48. The van der Waals surface area contributed by atoms with E-state index < -0.39 is 0 Å². The first-order chi connectivity index (χ1) is 12.8. The number of benzene rings is 1. The van der Waals surface area contributed by atoms with E-state index in [2.05, 4.69) is 40.8 Å². The average molecular weight is 410 g/mol. The molecule has 0 radical (unpaired) electrons. The Labute approximate surface area is 158 Å². The van der Waals surface area contributed by atoms with E-state index in [0.29, 0.717) is 0 Å². The maximum atomic E-state index is 4.75. The Bertz CT molecular complexity index is 1090. The molecule has 0 bridgehead atoms. The van der Waals surface area contributed by atoms with Gasteiger partial charge in [0.2, 0.25) is 0 Å². The first-order valence-corrected chi connectivity index (χ1v) is 9.29. The third kappa shape index (κ3) is 2.66. The van der Waals surface area contributed by atoms with Crippen LogP contribution in [0, 0.1) is 0 Å². The molecule has 130 valence electrons. The van der Waals surface area contributed by atoms with Gasteiger partial charge in [-0.05, 0) is 40.2 Å². The smallest absolute Gasteiger partial charge is 0.154 e. The number of hydrogen-bond acceptors (Lipinski definition) is 6. The van der Waals surface area contributed by atoms with Crippen molar-refractivity contribution >= 4 is 44.2 Å². The fourth-order valence-corrected chi connectivity index (χ4v) is 3.63. The van der Waals surface area contributed by atoms with Gasteiger partial charge in [-0.25, -0.2) is 14.5 Å². The SMILES string of the molecule is Brc1cnc2ccc(N3CCN(c4cnc5ccccc5n4)CC3)nn12. The second-order valence-electron chi connectivity index (χ2n) is 6.23. The fraction of sp³-hybridized carbons (Fsp3) is 0.222. The monoisotopic (exact) mass is 409 g/mol. The summed E-state index contributed by atoms with van der Waals surface area (Å²) in [5, 5.41) is 4.68. The summed E-state index contributed by atoms with van der Waals surface area (Å²) in [6.45, 7) is 3.55. The molecule has 3 aromatic heterocycles. The molecule has 5 rings (SSSR count). The Morgan fingerprint density at radius 2 is 1.50 bits per heavy atom. The summed E-state index contributed by atoms with van der Waals surface area (Å²) < 4.78 is 2.68. The van der Waals surface area contributed by atoms with Crippen molar-refractivity contribution in [3.63, 3.8) is 0 Å². The minimum Gasteiger partial charge on any atom is -0.352 e. The van der Waals surface area contributed by atoms with Gasteiger partial charge in [-0.15, -0.1) is 5.10 Å². The number of imidazole rings is 1. The lowest BCUT2D eigenvalue weighted by Gasteiger charge is -2.35. The number of halogens is 1. The molecular weight excluding hydrogens is 394 g/mol. The maximum Gasteiger partial charge on any atom is 0.154 e. The van der Waals surface area contributed by atoms with Crippen LogP contribution in [-0.2, 0) is 0 Å². The third-order valence-electron chi connectivity index (χ3n) is 4.67. The Kier molecular flexibility index (Phi) is 3.70. The van der Waals surface area contributed by atoms with E-state index in [4.69, 9.17) is 4.98 Å². The van der Waals surface area contributed by atoms with E-state index in [1.807, 2.05) is 47.1 Å². The van der Waals surface area contributed by atoms with E-state index >= 15 is 0 Å². The van der Waals surface area contributed by atoms with Crippen molar-refractivity contribution in [1.82, 2.24) is 24.6 Å². The Morgan fingerprint density at radius 3 is 2.31 bits per heavy atom. The van der Waals surface area contributed by atoms with Crippen LogP contribution in [0.2, 0.25) is 0 Å². The van der Waals surface area contributed by atoms with Crippen LogP contribution in [0.1, 0.15) is 0 Å². The molecule has 7 nitrogen and oxygen atoms in total. The molecule has 0 unspecified atom stereocenters. The summed E-state index contributed by atoms with van der Waals surface area (Å²) in [5.74, 6) is 1.89. The van der Waals surface area contributed by atoms with Crippen LogP contribution in [0.5, 0.6) is 0 Å². The predicted molar refractivity (Wildman–Crippen MR) is 105 cm³/mol. The molecule has 0 N–H and O–H groups in total. The summed E-state index contributed by atoms with van der Waals surface area (Å²) in [6.07, 6.45) is 3.63. The van der Waals surface area contributed by atoms with Crippen molar-refractivity contribution in [3.8, 4) is 0 Å². The second kappa shape index (κ2) is 6.21. The highest BCUT2D eigenvalue weighted by molar-refractivity contribution is 9.10. The van der Waals surface area contributed by atoms with E-state index in [-0.39, 0.29) is 0 Å². The van der Waals surface area contributed by atoms with Gasteiger partial charge in [0.05, 0.1) is 23.4 Å². The number of nitrogens with zero attached hydrogens (tertiary/aromatic N) is 7. The van der Waals surface area contributed by atoms with Gasteiger partial charge in [-0.2, -0.15) is 0 Å². The summed E-state index contributed by atoms with van der Waals surface area (Å²) in [5.41, 5.74) is 2.70. The van der Waals surface area contributed by atoms with Crippen LogP contribution in [0.15, 0.2) is 53.4 Å². The maximum absolute atomic E-state index is 4.75. The zero-order valence-corrected chi connectivity index (χ0v) is 15.5. The Hall–Kier alpha value is -2.74. The number of para-hydroxylation sites is 2. The van der Waals surface area contributed by atoms with Crippen molar-refractivity contribution in [3.05, 3.63) is 53.4 Å². The van der Waals surface area contributed by atoms with Gasteiger partial charge >= 0.3 is 0 Å². The molecule has 0 spiro atoms. The highest BCUT2D eigenvalue weighted by atomic mass is 79.9. The van der Waals surface area contributed by atoms with Gasteiger partial charge < -0.3 is 9.80 Å². The molecule has 4 heterocycles. The molecular formula is C18H16BrN7. The van der Waals surface area contributed by atoms with Gasteiger partial charge in [-0.3, -0.25) is 4.98 Å². The van der Waals surface area contributed by atoms with Crippen LogP contribution in [0.3, 0.4) is 0 Å². The molecule has 26 heavy (non-hydrogen) atoms. The van der Waals surface area contributed by atoms with Crippen molar-refractivity contribution in [2.24, 2.45) is 0 Å². The normalized spacial score (nSPS) is 15.1. The molecule has 8 heteroatoms. The summed E-state index contributed by atoms with van der Waals surface area (Å²) in [7, 11) is 0. The van der Waals surface area contributed by atoms with Gasteiger partial charge in [-0.1, -0.05) is 12.1 Å². The van der Waals surface area contributed by atoms with Crippen LogP contribution in [-0.4, -0.2) is 50.7 Å². The first-order valence-electron chi connectivity index (χ1n) is 8.50. The van der Waals surface area contributed by atoms with E-state index in [1.165, 1.54) is 0 Å². The highest BCUT2D eigenvalue weighted by Gasteiger charge is 2.20. The largest absolute Gasteiger partial charge is 0.352 e. The van der Waals surface area contributed by atoms with Crippen molar-refractivity contribution in [1.29, 1.82) is 0 Å². The quantitative estimate of drug-likeness (QED) is 0.507. The minimum atomic E-state index is 0.839. The third-order valence-corrected chi connectivity index (χ3v) is 5.21. The van der Waals surface area contributed by atoms with Crippen LogP contribution in [0.4, 0.5) is 11.6 Å². The molecule has 0 aliphatic carbocycles. The fourth-order valence-electron chi connectivity index (χ4n) is 3.27. The Balaban J connectivity index is 1.35. The molecule has 0 atom stereocenters.